The lowest BCUT2D eigenvalue weighted by Crippen LogP contribution is -2.19. The molecule has 3 nitrogen and oxygen atoms in total. The van der Waals surface area contributed by atoms with Crippen LogP contribution in [0.3, 0.4) is 0 Å². The minimum absolute atomic E-state index is 0.799. The Morgan fingerprint density at radius 1 is 0.885 bits per heavy atom. The maximum atomic E-state index is 6.04. The number of benzene rings is 3. The second kappa shape index (κ2) is 7.28. The summed E-state index contributed by atoms with van der Waals surface area (Å²) >= 11 is 0. The summed E-state index contributed by atoms with van der Waals surface area (Å²) in [5.41, 5.74) is 4.41. The fourth-order valence-electron chi connectivity index (χ4n) is 3.06. The minimum atomic E-state index is 0.799. The molecular weight excluding hydrogens is 320 g/mol. The van der Waals surface area contributed by atoms with Gasteiger partial charge in [0.1, 0.15) is 0 Å². The molecule has 0 atom stereocenters. The van der Waals surface area contributed by atoms with Crippen LogP contribution in [0.2, 0.25) is 0 Å². The Labute approximate surface area is 153 Å². The van der Waals surface area contributed by atoms with Crippen LogP contribution in [0.1, 0.15) is 6.92 Å². The van der Waals surface area contributed by atoms with Gasteiger partial charge in [0, 0.05) is 18.8 Å². The fraction of sp³-hybridized carbons (Fsp3) is 0.0870. The zero-order valence-electron chi connectivity index (χ0n) is 14.7. The normalized spacial score (nSPS) is 14.7. The second-order valence-electron chi connectivity index (χ2n) is 6.01. The zero-order valence-corrected chi connectivity index (χ0v) is 14.7. The molecule has 0 spiro atoms. The smallest absolute Gasteiger partial charge is 0.202 e. The molecule has 0 bridgehead atoms. The van der Waals surface area contributed by atoms with Crippen molar-refractivity contribution < 1.29 is 4.74 Å². The van der Waals surface area contributed by atoms with Gasteiger partial charge in [0.05, 0.1) is 11.4 Å². The predicted molar refractivity (Wildman–Crippen MR) is 108 cm³/mol. The quantitative estimate of drug-likeness (QED) is 0.559. The molecule has 0 fully saturated rings. The fourth-order valence-corrected chi connectivity index (χ4v) is 3.06. The van der Waals surface area contributed by atoms with Crippen LogP contribution in [-0.4, -0.2) is 12.8 Å². The summed E-state index contributed by atoms with van der Waals surface area (Å²) in [6.07, 6.45) is 3.70. The van der Waals surface area contributed by atoms with Crippen LogP contribution >= 0.6 is 0 Å². The van der Waals surface area contributed by atoms with E-state index in [0.29, 0.717) is 0 Å². The molecule has 0 aliphatic carbocycles. The summed E-state index contributed by atoms with van der Waals surface area (Å²) in [6.45, 7) is 2.95. The van der Waals surface area contributed by atoms with Crippen molar-refractivity contribution >= 4 is 17.6 Å². The first-order chi connectivity index (χ1) is 12.8. The first-order valence-corrected chi connectivity index (χ1v) is 8.79. The third-order valence-electron chi connectivity index (χ3n) is 4.35. The molecule has 4 rings (SSSR count). The molecule has 1 aliphatic rings. The van der Waals surface area contributed by atoms with Crippen LogP contribution in [0.15, 0.2) is 95.8 Å². The molecule has 1 aliphatic heterocycles. The third kappa shape index (κ3) is 3.24. The Hall–Kier alpha value is -3.33. The van der Waals surface area contributed by atoms with Crippen LogP contribution < -0.4 is 9.64 Å². The Balaban J connectivity index is 1.61. The predicted octanol–water partition coefficient (Wildman–Crippen LogP) is 5.82. The number of nitrogens with zero attached hydrogens (tertiary/aromatic N) is 2. The van der Waals surface area contributed by atoms with E-state index >= 15 is 0 Å². The maximum absolute atomic E-state index is 6.04. The van der Waals surface area contributed by atoms with Gasteiger partial charge in [0.15, 0.2) is 5.75 Å². The highest BCUT2D eigenvalue weighted by Gasteiger charge is 2.25. The molecule has 3 heteroatoms. The van der Waals surface area contributed by atoms with Crippen molar-refractivity contribution in [3.63, 3.8) is 0 Å². The van der Waals surface area contributed by atoms with E-state index in [0.717, 1.165) is 29.6 Å². The van der Waals surface area contributed by atoms with E-state index in [1.165, 1.54) is 11.1 Å². The SMILES string of the molecule is CCN1/C(=C\C=Nc2ccccc2)Oc2ccc(-c3ccccc3)cc21. The maximum Gasteiger partial charge on any atom is 0.202 e. The Kier molecular flexibility index (Phi) is 4.52. The molecular formula is C23H20N2O. The van der Waals surface area contributed by atoms with Gasteiger partial charge in [-0.3, -0.25) is 4.99 Å². The van der Waals surface area contributed by atoms with Gasteiger partial charge in [0.25, 0.3) is 0 Å². The number of para-hydroxylation sites is 1. The van der Waals surface area contributed by atoms with Crippen molar-refractivity contribution in [1.82, 2.24) is 0 Å². The summed E-state index contributed by atoms with van der Waals surface area (Å²) in [7, 11) is 0. The van der Waals surface area contributed by atoms with Crippen molar-refractivity contribution in [3.8, 4) is 16.9 Å². The molecule has 0 N–H and O–H groups in total. The number of hydrogen-bond acceptors (Lipinski definition) is 3. The van der Waals surface area contributed by atoms with Gasteiger partial charge in [0.2, 0.25) is 5.88 Å². The van der Waals surface area contributed by atoms with Crippen molar-refractivity contribution in [2.75, 3.05) is 11.4 Å². The molecule has 0 aromatic heterocycles. The van der Waals surface area contributed by atoms with Gasteiger partial charge in [-0.2, -0.15) is 0 Å². The summed E-state index contributed by atoms with van der Waals surface area (Å²) < 4.78 is 6.04. The van der Waals surface area contributed by atoms with Crippen LogP contribution in [0, 0.1) is 0 Å². The number of hydrogen-bond donors (Lipinski definition) is 0. The van der Waals surface area contributed by atoms with Crippen LogP contribution in [-0.2, 0) is 0 Å². The molecule has 0 radical (unpaired) electrons. The lowest BCUT2D eigenvalue weighted by Gasteiger charge is -2.15. The minimum Gasteiger partial charge on any atom is -0.439 e. The molecule has 0 saturated carbocycles. The monoisotopic (exact) mass is 340 g/mol. The standard InChI is InChI=1S/C23H20N2O/c1-2-25-21-17-19(18-9-5-3-6-10-18)13-14-22(21)26-23(25)15-16-24-20-11-7-4-8-12-20/h3-17H,2H2,1H3/b23-15+,24-16?. The Morgan fingerprint density at radius 2 is 1.62 bits per heavy atom. The van der Waals surface area contributed by atoms with Crippen molar-refractivity contribution in [2.24, 2.45) is 4.99 Å². The van der Waals surface area contributed by atoms with Crippen molar-refractivity contribution in [1.29, 1.82) is 0 Å². The summed E-state index contributed by atoms with van der Waals surface area (Å²) in [5, 5.41) is 0. The van der Waals surface area contributed by atoms with E-state index in [4.69, 9.17) is 4.74 Å². The molecule has 0 unspecified atom stereocenters. The highest BCUT2D eigenvalue weighted by Crippen LogP contribution is 2.41. The molecule has 3 aromatic rings. The Bertz CT molecular complexity index is 946. The van der Waals surface area contributed by atoms with E-state index in [-0.39, 0.29) is 0 Å². The lowest BCUT2D eigenvalue weighted by atomic mass is 10.0. The van der Waals surface area contributed by atoms with E-state index in [1.54, 1.807) is 6.21 Å². The highest BCUT2D eigenvalue weighted by molar-refractivity contribution is 5.80. The molecule has 26 heavy (non-hydrogen) atoms. The number of ether oxygens (including phenoxy) is 1. The molecule has 1 heterocycles. The van der Waals surface area contributed by atoms with E-state index in [9.17, 15) is 0 Å². The average molecular weight is 340 g/mol. The third-order valence-corrected chi connectivity index (χ3v) is 4.35. The van der Waals surface area contributed by atoms with Crippen molar-refractivity contribution in [3.05, 3.63) is 90.8 Å². The average Bonchev–Trinajstić information content (AvgIpc) is 3.06. The molecule has 128 valence electrons. The van der Waals surface area contributed by atoms with E-state index < -0.39 is 0 Å². The summed E-state index contributed by atoms with van der Waals surface area (Å²) in [5.74, 6) is 1.68. The van der Waals surface area contributed by atoms with Gasteiger partial charge in [-0.15, -0.1) is 0 Å². The van der Waals surface area contributed by atoms with Gasteiger partial charge >= 0.3 is 0 Å². The first-order valence-electron chi connectivity index (χ1n) is 8.79. The van der Waals surface area contributed by atoms with Crippen LogP contribution in [0.5, 0.6) is 5.75 Å². The Morgan fingerprint density at radius 3 is 2.35 bits per heavy atom. The zero-order chi connectivity index (χ0) is 17.8. The van der Waals surface area contributed by atoms with E-state index in [2.05, 4.69) is 53.2 Å². The number of fused-ring (bicyclic) bond motifs is 1. The van der Waals surface area contributed by atoms with Crippen LogP contribution in [0.25, 0.3) is 11.1 Å². The summed E-state index contributed by atoms with van der Waals surface area (Å²) in [6, 6.07) is 26.6. The number of anilines is 1. The summed E-state index contributed by atoms with van der Waals surface area (Å²) in [4.78, 5) is 6.62. The largest absolute Gasteiger partial charge is 0.439 e. The van der Waals surface area contributed by atoms with Crippen molar-refractivity contribution in [2.45, 2.75) is 6.92 Å². The van der Waals surface area contributed by atoms with Gasteiger partial charge in [-0.25, -0.2) is 0 Å². The van der Waals surface area contributed by atoms with Crippen LogP contribution in [0.4, 0.5) is 11.4 Å². The van der Waals surface area contributed by atoms with E-state index in [1.807, 2.05) is 48.5 Å². The lowest BCUT2D eigenvalue weighted by molar-refractivity contribution is 0.441. The van der Waals surface area contributed by atoms with Gasteiger partial charge in [-0.05, 0) is 42.3 Å². The second-order valence-corrected chi connectivity index (χ2v) is 6.01. The highest BCUT2D eigenvalue weighted by atomic mass is 16.5. The first kappa shape index (κ1) is 16.2. The molecule has 0 saturated heterocycles. The van der Waals surface area contributed by atoms with Gasteiger partial charge in [-0.1, -0.05) is 54.6 Å². The topological polar surface area (TPSA) is 24.8 Å². The van der Waals surface area contributed by atoms with Gasteiger partial charge < -0.3 is 9.64 Å². The molecule has 3 aromatic carbocycles. The molecule has 0 amide bonds. The number of aliphatic imine (C=N–C) groups is 1. The number of allylic oxidation sites excluding steroid dienone is 1. The number of rotatable bonds is 4.